The minimum Gasteiger partial charge on any atom is -0.349 e. The van der Waals surface area contributed by atoms with Crippen molar-refractivity contribution in [3.63, 3.8) is 0 Å². The summed E-state index contributed by atoms with van der Waals surface area (Å²) in [6, 6.07) is 0.853. The molecule has 3 aromatic heterocycles. The SMILES string of the molecule is CCCC(=O)NC(c1cnn2cc([C@@H](NC(=O)c3cnn(CCC(F)(F)F)n3)C3CCC(F)(F)CC3)nc2c1)C1CC1. The molecule has 2 amide bonds. The van der Waals surface area contributed by atoms with E-state index in [9.17, 15) is 31.5 Å². The lowest BCUT2D eigenvalue weighted by Crippen LogP contribution is -2.37. The van der Waals surface area contributed by atoms with Gasteiger partial charge in [0.15, 0.2) is 11.3 Å². The van der Waals surface area contributed by atoms with Crippen molar-refractivity contribution >= 4 is 17.5 Å². The molecule has 0 saturated heterocycles. The van der Waals surface area contributed by atoms with E-state index < -0.39 is 37.0 Å². The highest BCUT2D eigenvalue weighted by atomic mass is 19.4. The fourth-order valence-electron chi connectivity index (χ4n) is 5.39. The number of fused-ring (bicyclic) bond motifs is 1. The van der Waals surface area contributed by atoms with Crippen molar-refractivity contribution in [1.29, 1.82) is 0 Å². The average molecular weight is 597 g/mol. The van der Waals surface area contributed by atoms with E-state index in [0.717, 1.165) is 35.8 Å². The number of hydrogen-bond acceptors (Lipinski definition) is 6. The van der Waals surface area contributed by atoms with E-state index >= 15 is 0 Å². The van der Waals surface area contributed by atoms with E-state index in [-0.39, 0.29) is 49.2 Å². The molecule has 0 bridgehead atoms. The zero-order valence-corrected chi connectivity index (χ0v) is 23.1. The molecule has 2 fully saturated rings. The summed E-state index contributed by atoms with van der Waals surface area (Å²) in [5, 5.41) is 18.0. The molecule has 10 nitrogen and oxygen atoms in total. The maximum atomic E-state index is 14.0. The van der Waals surface area contributed by atoms with Crippen molar-refractivity contribution in [2.45, 2.75) is 95.4 Å². The number of carbonyl (C=O) groups is 2. The van der Waals surface area contributed by atoms with Gasteiger partial charge < -0.3 is 10.6 Å². The Morgan fingerprint density at radius 2 is 1.76 bits per heavy atom. The number of nitrogens with zero attached hydrogens (tertiary/aromatic N) is 6. The molecule has 2 N–H and O–H groups in total. The zero-order chi connectivity index (χ0) is 30.1. The molecular formula is C27H33F5N8O2. The van der Waals surface area contributed by atoms with Crippen LogP contribution in [0.2, 0.25) is 0 Å². The van der Waals surface area contributed by atoms with Crippen molar-refractivity contribution in [1.82, 2.24) is 40.2 Å². The van der Waals surface area contributed by atoms with Crippen molar-refractivity contribution in [2.24, 2.45) is 11.8 Å². The second-order valence-electron chi connectivity index (χ2n) is 11.2. The summed E-state index contributed by atoms with van der Waals surface area (Å²) in [6.45, 7) is 1.39. The normalized spacial score (nSPS) is 19.0. The first-order valence-electron chi connectivity index (χ1n) is 14.2. The third-order valence-corrected chi connectivity index (χ3v) is 7.81. The molecule has 228 valence electrons. The first kappa shape index (κ1) is 29.8. The van der Waals surface area contributed by atoms with Crippen LogP contribution in [0, 0.1) is 11.8 Å². The monoisotopic (exact) mass is 596 g/mol. The van der Waals surface area contributed by atoms with Crippen LogP contribution in [0.25, 0.3) is 5.65 Å². The minimum atomic E-state index is -4.40. The Bertz CT molecular complexity index is 1410. The summed E-state index contributed by atoms with van der Waals surface area (Å²) in [5.41, 5.74) is 1.49. The number of carbonyl (C=O) groups excluding carboxylic acids is 2. The lowest BCUT2D eigenvalue weighted by molar-refractivity contribution is -0.137. The van der Waals surface area contributed by atoms with Crippen LogP contribution in [0.4, 0.5) is 22.0 Å². The van der Waals surface area contributed by atoms with E-state index in [1.54, 1.807) is 12.4 Å². The lowest BCUT2D eigenvalue weighted by atomic mass is 9.81. The summed E-state index contributed by atoms with van der Waals surface area (Å²) in [6.07, 6.45) is 1.53. The molecule has 2 aliphatic carbocycles. The van der Waals surface area contributed by atoms with Crippen LogP contribution < -0.4 is 10.6 Å². The maximum Gasteiger partial charge on any atom is 0.390 e. The van der Waals surface area contributed by atoms with Crippen LogP contribution >= 0.6 is 0 Å². The molecule has 0 spiro atoms. The molecule has 42 heavy (non-hydrogen) atoms. The largest absolute Gasteiger partial charge is 0.390 e. The maximum absolute atomic E-state index is 14.0. The van der Waals surface area contributed by atoms with Crippen LogP contribution in [0.1, 0.15) is 98.5 Å². The minimum absolute atomic E-state index is 0.0366. The van der Waals surface area contributed by atoms with Gasteiger partial charge in [0.25, 0.3) is 5.91 Å². The predicted molar refractivity (Wildman–Crippen MR) is 139 cm³/mol. The number of halogens is 5. The van der Waals surface area contributed by atoms with Gasteiger partial charge in [-0.25, -0.2) is 18.3 Å². The molecule has 5 rings (SSSR count). The van der Waals surface area contributed by atoms with Crippen molar-refractivity contribution < 1.29 is 31.5 Å². The average Bonchev–Trinajstić information content (AvgIpc) is 3.49. The zero-order valence-electron chi connectivity index (χ0n) is 23.1. The van der Waals surface area contributed by atoms with E-state index in [2.05, 4.69) is 25.9 Å². The van der Waals surface area contributed by atoms with Crippen LogP contribution in [0.15, 0.2) is 24.7 Å². The number of rotatable bonds is 11. The highest BCUT2D eigenvalue weighted by molar-refractivity contribution is 5.92. The standard InChI is InChI=1S/C27H33F5N8O2/c1-2-3-22(41)36-23(16-4-5-16)18-12-21-35-20(15-39(21)33-13-18)24(17-6-8-26(28,29)9-7-17)37-25(42)19-14-34-40(38-19)11-10-27(30,31)32/h12-17,23-24H,2-11H2,1H3,(H,36,41)(H,37,42)/t23?,24-/m0/s1. The number of amides is 2. The number of aryl methyl sites for hydroxylation is 1. The van der Waals surface area contributed by atoms with Gasteiger partial charge in [-0.15, -0.1) is 5.10 Å². The molecule has 0 radical (unpaired) electrons. The smallest absolute Gasteiger partial charge is 0.349 e. The van der Waals surface area contributed by atoms with Gasteiger partial charge in [0.2, 0.25) is 11.8 Å². The number of imidazole rings is 1. The summed E-state index contributed by atoms with van der Waals surface area (Å²) < 4.78 is 67.2. The van der Waals surface area contributed by atoms with Crippen LogP contribution in [0.3, 0.4) is 0 Å². The van der Waals surface area contributed by atoms with Gasteiger partial charge in [0.1, 0.15) is 0 Å². The number of alkyl halides is 5. The molecule has 3 aromatic rings. The van der Waals surface area contributed by atoms with Gasteiger partial charge in [0.05, 0.1) is 49.3 Å². The molecule has 2 atom stereocenters. The van der Waals surface area contributed by atoms with Gasteiger partial charge in [0, 0.05) is 19.3 Å². The summed E-state index contributed by atoms with van der Waals surface area (Å²) in [7, 11) is 0. The first-order valence-corrected chi connectivity index (χ1v) is 14.2. The molecular weight excluding hydrogens is 563 g/mol. The highest BCUT2D eigenvalue weighted by Gasteiger charge is 2.40. The molecule has 1 unspecified atom stereocenters. The summed E-state index contributed by atoms with van der Waals surface area (Å²) in [5.74, 6) is -3.59. The Morgan fingerprint density at radius 3 is 2.43 bits per heavy atom. The number of nitrogens with one attached hydrogen (secondary N) is 2. The third-order valence-electron chi connectivity index (χ3n) is 7.81. The van der Waals surface area contributed by atoms with Crippen LogP contribution in [-0.2, 0) is 11.3 Å². The summed E-state index contributed by atoms with van der Waals surface area (Å²) >= 11 is 0. The Labute approximate surface area is 238 Å². The molecule has 3 heterocycles. The first-order chi connectivity index (χ1) is 19.9. The van der Waals surface area contributed by atoms with Gasteiger partial charge >= 0.3 is 6.18 Å². The van der Waals surface area contributed by atoms with Gasteiger partial charge in [-0.3, -0.25) is 9.59 Å². The summed E-state index contributed by atoms with van der Waals surface area (Å²) in [4.78, 5) is 30.9. The fourth-order valence-corrected chi connectivity index (χ4v) is 5.39. The molecule has 2 saturated carbocycles. The highest BCUT2D eigenvalue weighted by Crippen LogP contribution is 2.42. The Morgan fingerprint density at radius 1 is 1.05 bits per heavy atom. The molecule has 15 heteroatoms. The Hall–Kier alpha value is -3.65. The van der Waals surface area contributed by atoms with Crippen LogP contribution in [-0.4, -0.2) is 53.5 Å². The Balaban J connectivity index is 1.38. The van der Waals surface area contributed by atoms with Gasteiger partial charge in [-0.05, 0) is 55.6 Å². The number of hydrogen-bond donors (Lipinski definition) is 2. The topological polar surface area (TPSA) is 119 Å². The van der Waals surface area contributed by atoms with Crippen LogP contribution in [0.5, 0.6) is 0 Å². The van der Waals surface area contributed by atoms with E-state index in [1.165, 1.54) is 4.52 Å². The molecule has 0 aromatic carbocycles. The van der Waals surface area contributed by atoms with E-state index in [4.69, 9.17) is 4.98 Å². The predicted octanol–water partition coefficient (Wildman–Crippen LogP) is 4.94. The lowest BCUT2D eigenvalue weighted by Gasteiger charge is -2.33. The second-order valence-corrected chi connectivity index (χ2v) is 11.2. The molecule has 0 aliphatic heterocycles. The van der Waals surface area contributed by atoms with Crippen molar-refractivity contribution in [2.75, 3.05) is 0 Å². The number of aromatic nitrogens is 6. The van der Waals surface area contributed by atoms with Gasteiger partial charge in [-0.2, -0.15) is 28.2 Å². The van der Waals surface area contributed by atoms with Gasteiger partial charge in [-0.1, -0.05) is 6.92 Å². The van der Waals surface area contributed by atoms with E-state index in [0.29, 0.717) is 23.7 Å². The van der Waals surface area contributed by atoms with E-state index in [1.807, 2.05) is 13.0 Å². The quantitative estimate of drug-likeness (QED) is 0.303. The molecule has 2 aliphatic rings. The fraction of sp³-hybridized carbons (Fsp3) is 0.630. The Kier molecular flexibility index (Phi) is 8.46. The van der Waals surface area contributed by atoms with Crippen molar-refractivity contribution in [3.8, 4) is 0 Å². The third kappa shape index (κ3) is 7.40. The van der Waals surface area contributed by atoms with Crippen molar-refractivity contribution in [3.05, 3.63) is 41.6 Å². The second kappa shape index (κ2) is 11.9.